The Morgan fingerprint density at radius 3 is 2.67 bits per heavy atom. The summed E-state index contributed by atoms with van der Waals surface area (Å²) in [5, 5.41) is 16.1. The highest BCUT2D eigenvalue weighted by atomic mass is 16.4. The predicted molar refractivity (Wildman–Crippen MR) is 78.3 cm³/mol. The van der Waals surface area contributed by atoms with Gasteiger partial charge in [-0.1, -0.05) is 12.1 Å². The number of benzene rings is 1. The van der Waals surface area contributed by atoms with Gasteiger partial charge in [-0.2, -0.15) is 10.1 Å². The van der Waals surface area contributed by atoms with E-state index in [4.69, 9.17) is 0 Å². The number of allylic oxidation sites excluding steroid dienone is 1. The molecule has 3 rings (SSSR count). The summed E-state index contributed by atoms with van der Waals surface area (Å²) in [4.78, 5) is 17.3. The molecule has 1 aromatic carbocycles. The molecule has 1 aromatic heterocycles. The molecule has 2 heterocycles. The number of rotatable bonds is 3. The van der Waals surface area contributed by atoms with Crippen LogP contribution in [-0.4, -0.2) is 39.9 Å². The summed E-state index contributed by atoms with van der Waals surface area (Å²) >= 11 is 0. The summed E-state index contributed by atoms with van der Waals surface area (Å²) < 4.78 is 1.66. The maximum Gasteiger partial charge on any atom is 0.352 e. The van der Waals surface area contributed by atoms with Gasteiger partial charge in [0, 0.05) is 19.8 Å². The molecule has 0 unspecified atom stereocenters. The summed E-state index contributed by atoms with van der Waals surface area (Å²) in [7, 11) is 3.94. The number of carbonyl (C=O) groups is 1. The van der Waals surface area contributed by atoms with Crippen molar-refractivity contribution in [1.29, 1.82) is 0 Å². The third kappa shape index (κ3) is 2.33. The zero-order valence-corrected chi connectivity index (χ0v) is 11.7. The fourth-order valence-corrected chi connectivity index (χ4v) is 2.27. The van der Waals surface area contributed by atoms with Gasteiger partial charge in [0.05, 0.1) is 0 Å². The molecule has 2 N–H and O–H groups in total. The number of aromatic nitrogens is 3. The van der Waals surface area contributed by atoms with Crippen molar-refractivity contribution in [1.82, 2.24) is 14.8 Å². The molecule has 0 radical (unpaired) electrons. The van der Waals surface area contributed by atoms with Crippen molar-refractivity contribution in [2.24, 2.45) is 0 Å². The molecule has 1 aliphatic heterocycles. The van der Waals surface area contributed by atoms with Crippen molar-refractivity contribution in [2.75, 3.05) is 24.3 Å². The first-order valence-electron chi connectivity index (χ1n) is 6.45. The Morgan fingerprint density at radius 2 is 2.05 bits per heavy atom. The minimum atomic E-state index is -1.01. The second kappa shape index (κ2) is 4.93. The highest BCUT2D eigenvalue weighted by Crippen LogP contribution is 2.29. The van der Waals surface area contributed by atoms with Gasteiger partial charge in [-0.05, 0) is 23.8 Å². The molecule has 0 bridgehead atoms. The Bertz CT molecular complexity index is 702. The number of hydrogen-bond acceptors (Lipinski definition) is 5. The molecule has 21 heavy (non-hydrogen) atoms. The number of carboxylic acid groups (broad SMARTS) is 1. The molecular formula is C14H15N5O2. The summed E-state index contributed by atoms with van der Waals surface area (Å²) in [6, 6.07) is 7.62. The van der Waals surface area contributed by atoms with Crippen LogP contribution in [0.2, 0.25) is 0 Å². The number of nitrogens with one attached hydrogen (secondary N) is 1. The number of fused-ring (bicyclic) bond motifs is 1. The number of carboxylic acids is 1. The lowest BCUT2D eigenvalue weighted by Gasteiger charge is -2.23. The minimum Gasteiger partial charge on any atom is -0.477 e. The van der Waals surface area contributed by atoms with Crippen LogP contribution in [0.4, 0.5) is 11.6 Å². The highest BCUT2D eigenvalue weighted by Gasteiger charge is 2.25. The van der Waals surface area contributed by atoms with Crippen molar-refractivity contribution in [2.45, 2.75) is 6.04 Å². The molecule has 0 saturated carbocycles. The molecule has 0 saturated heterocycles. The van der Waals surface area contributed by atoms with Crippen LogP contribution in [0.3, 0.4) is 0 Å². The molecule has 2 aromatic rings. The molecule has 1 aliphatic rings. The predicted octanol–water partition coefficient (Wildman–Crippen LogP) is 1.33. The molecule has 0 fully saturated rings. The van der Waals surface area contributed by atoms with E-state index in [1.807, 2.05) is 43.3 Å². The van der Waals surface area contributed by atoms with Crippen LogP contribution in [-0.2, 0) is 4.79 Å². The fourth-order valence-electron chi connectivity index (χ4n) is 2.27. The molecule has 1 atom stereocenters. The Kier molecular flexibility index (Phi) is 3.09. The Morgan fingerprint density at radius 1 is 1.33 bits per heavy atom. The van der Waals surface area contributed by atoms with Crippen LogP contribution in [0, 0.1) is 0 Å². The minimum absolute atomic E-state index is 0.109. The van der Waals surface area contributed by atoms with E-state index in [0.717, 1.165) is 11.3 Å². The van der Waals surface area contributed by atoms with E-state index in [2.05, 4.69) is 15.4 Å². The smallest absolute Gasteiger partial charge is 0.352 e. The number of hydrogen-bond donors (Lipinski definition) is 2. The molecule has 0 spiro atoms. The van der Waals surface area contributed by atoms with E-state index in [1.54, 1.807) is 10.8 Å². The SMILES string of the molecule is CN(C)c1ccc([C@@H]2C=C(C(=O)O)Nc3ncnn32)cc1. The van der Waals surface area contributed by atoms with Crippen LogP contribution in [0.25, 0.3) is 0 Å². The first kappa shape index (κ1) is 13.2. The normalized spacial score (nSPS) is 16.7. The van der Waals surface area contributed by atoms with E-state index in [1.165, 1.54) is 6.33 Å². The molecule has 108 valence electrons. The van der Waals surface area contributed by atoms with Crippen LogP contribution in [0.5, 0.6) is 0 Å². The van der Waals surface area contributed by atoms with Gasteiger partial charge in [-0.3, -0.25) is 0 Å². The summed E-state index contributed by atoms with van der Waals surface area (Å²) in [5.74, 6) is -0.587. The lowest BCUT2D eigenvalue weighted by molar-refractivity contribution is -0.132. The third-order valence-corrected chi connectivity index (χ3v) is 3.39. The van der Waals surface area contributed by atoms with E-state index < -0.39 is 5.97 Å². The monoisotopic (exact) mass is 285 g/mol. The van der Waals surface area contributed by atoms with Crippen LogP contribution < -0.4 is 10.2 Å². The maximum absolute atomic E-state index is 11.2. The molecule has 0 aliphatic carbocycles. The van der Waals surface area contributed by atoms with Gasteiger partial charge in [0.1, 0.15) is 18.1 Å². The lowest BCUT2D eigenvalue weighted by atomic mass is 10.0. The summed E-state index contributed by atoms with van der Waals surface area (Å²) in [6.45, 7) is 0. The van der Waals surface area contributed by atoms with Crippen molar-refractivity contribution >= 4 is 17.6 Å². The third-order valence-electron chi connectivity index (χ3n) is 3.39. The Balaban J connectivity index is 2.02. The average molecular weight is 285 g/mol. The van der Waals surface area contributed by atoms with Crippen LogP contribution in [0.1, 0.15) is 11.6 Å². The number of aliphatic carboxylic acids is 1. The van der Waals surface area contributed by atoms with Gasteiger partial charge in [0.15, 0.2) is 0 Å². The first-order chi connectivity index (χ1) is 10.1. The molecule has 7 heteroatoms. The van der Waals surface area contributed by atoms with E-state index >= 15 is 0 Å². The van der Waals surface area contributed by atoms with Crippen molar-refractivity contribution in [3.8, 4) is 0 Å². The molecule has 7 nitrogen and oxygen atoms in total. The van der Waals surface area contributed by atoms with Gasteiger partial charge in [0.25, 0.3) is 0 Å². The quantitative estimate of drug-likeness (QED) is 0.885. The van der Waals surface area contributed by atoms with E-state index in [9.17, 15) is 9.90 Å². The van der Waals surface area contributed by atoms with Crippen molar-refractivity contribution in [3.63, 3.8) is 0 Å². The fraction of sp³-hybridized carbons (Fsp3) is 0.214. The second-order valence-corrected chi connectivity index (χ2v) is 4.97. The van der Waals surface area contributed by atoms with E-state index in [-0.39, 0.29) is 11.7 Å². The average Bonchev–Trinajstić information content (AvgIpc) is 2.94. The largest absolute Gasteiger partial charge is 0.477 e. The summed E-state index contributed by atoms with van der Waals surface area (Å²) in [6.07, 6.45) is 3.04. The van der Waals surface area contributed by atoms with Gasteiger partial charge in [-0.25, -0.2) is 9.48 Å². The maximum atomic E-state index is 11.2. The standard InChI is InChI=1S/C14H15N5O2/c1-18(2)10-5-3-9(4-6-10)12-7-11(13(20)21)17-14-15-8-16-19(12)14/h3-8,12H,1-2H3,(H,20,21)(H,15,16,17)/t12-/m0/s1. The topological polar surface area (TPSA) is 83.3 Å². The van der Waals surface area contributed by atoms with Gasteiger partial charge < -0.3 is 15.3 Å². The second-order valence-electron chi connectivity index (χ2n) is 4.97. The molecular weight excluding hydrogens is 270 g/mol. The van der Waals surface area contributed by atoms with Crippen LogP contribution >= 0.6 is 0 Å². The van der Waals surface area contributed by atoms with Crippen molar-refractivity contribution in [3.05, 3.63) is 47.9 Å². The van der Waals surface area contributed by atoms with E-state index in [0.29, 0.717) is 5.95 Å². The highest BCUT2D eigenvalue weighted by molar-refractivity contribution is 5.90. The zero-order chi connectivity index (χ0) is 15.0. The zero-order valence-electron chi connectivity index (χ0n) is 11.7. The Labute approximate surface area is 121 Å². The Hall–Kier alpha value is -2.83. The van der Waals surface area contributed by atoms with Crippen molar-refractivity contribution < 1.29 is 9.90 Å². The van der Waals surface area contributed by atoms with Gasteiger partial charge in [0.2, 0.25) is 5.95 Å². The first-order valence-corrected chi connectivity index (χ1v) is 6.45. The van der Waals surface area contributed by atoms with Gasteiger partial charge >= 0.3 is 5.97 Å². The molecule has 0 amide bonds. The number of anilines is 2. The van der Waals surface area contributed by atoms with Crippen LogP contribution in [0.15, 0.2) is 42.4 Å². The van der Waals surface area contributed by atoms with Gasteiger partial charge in [-0.15, -0.1) is 0 Å². The summed E-state index contributed by atoms with van der Waals surface area (Å²) in [5.41, 5.74) is 2.14. The number of nitrogens with zero attached hydrogens (tertiary/aromatic N) is 4. The lowest BCUT2D eigenvalue weighted by Crippen LogP contribution is -2.24.